The van der Waals surface area contributed by atoms with Crippen LogP contribution in [-0.2, 0) is 9.53 Å². The molecule has 0 unspecified atom stereocenters. The lowest BCUT2D eigenvalue weighted by Crippen LogP contribution is -2.49. The summed E-state index contributed by atoms with van der Waals surface area (Å²) in [7, 11) is 0. The minimum atomic E-state index is -0.0133. The molecule has 0 aromatic heterocycles. The Morgan fingerprint density at radius 3 is 2.77 bits per heavy atom. The van der Waals surface area contributed by atoms with Gasteiger partial charge in [0, 0.05) is 19.6 Å². The molecule has 76 valence electrons. The molecule has 2 N–H and O–H groups in total. The summed E-state index contributed by atoms with van der Waals surface area (Å²) >= 11 is 0. The molecular formula is C9H18N2O2. The molecule has 4 heteroatoms. The number of carbonyl (C=O) groups is 1. The predicted molar refractivity (Wildman–Crippen MR) is 50.5 cm³/mol. The number of hydrogen-bond acceptors (Lipinski definition) is 3. The van der Waals surface area contributed by atoms with Crippen LogP contribution in [0.1, 0.15) is 13.8 Å². The van der Waals surface area contributed by atoms with E-state index in [9.17, 15) is 4.79 Å². The van der Waals surface area contributed by atoms with Gasteiger partial charge in [0.05, 0.1) is 6.10 Å². The van der Waals surface area contributed by atoms with E-state index in [1.165, 1.54) is 0 Å². The first kappa shape index (κ1) is 10.5. The van der Waals surface area contributed by atoms with Crippen molar-refractivity contribution in [2.24, 2.45) is 5.92 Å². The molecule has 0 aromatic rings. The van der Waals surface area contributed by atoms with Gasteiger partial charge in [-0.05, 0) is 5.92 Å². The third kappa shape index (κ3) is 4.24. The van der Waals surface area contributed by atoms with Gasteiger partial charge < -0.3 is 15.4 Å². The molecular weight excluding hydrogens is 168 g/mol. The number of rotatable bonds is 5. The topological polar surface area (TPSA) is 50.4 Å². The van der Waals surface area contributed by atoms with Crippen LogP contribution in [0.5, 0.6) is 0 Å². The number of carbonyl (C=O) groups excluding carboxylic acids is 1. The van der Waals surface area contributed by atoms with Crippen LogP contribution < -0.4 is 10.6 Å². The smallest absolute Gasteiger partial charge is 0.246 e. The van der Waals surface area contributed by atoms with Gasteiger partial charge in [-0.15, -0.1) is 0 Å². The highest BCUT2D eigenvalue weighted by molar-refractivity contribution is 5.77. The molecule has 1 saturated heterocycles. The number of nitrogens with one attached hydrogen (secondary N) is 2. The zero-order valence-corrected chi connectivity index (χ0v) is 8.30. The van der Waals surface area contributed by atoms with Gasteiger partial charge >= 0.3 is 0 Å². The average molecular weight is 186 g/mol. The van der Waals surface area contributed by atoms with E-state index in [0.29, 0.717) is 5.92 Å². The van der Waals surface area contributed by atoms with Crippen molar-refractivity contribution in [3.8, 4) is 0 Å². The summed E-state index contributed by atoms with van der Waals surface area (Å²) in [4.78, 5) is 11.1. The van der Waals surface area contributed by atoms with Gasteiger partial charge in [-0.3, -0.25) is 4.79 Å². The lowest BCUT2D eigenvalue weighted by atomic mass is 10.2. The standard InChI is InChI=1S/C9H18N2O2/c1-7(2)3-11-9(12)6-13-8-4-10-5-8/h7-8,10H,3-6H2,1-2H3,(H,11,12). The van der Waals surface area contributed by atoms with Gasteiger partial charge in [0.1, 0.15) is 6.61 Å². The van der Waals surface area contributed by atoms with Crippen LogP contribution in [0, 0.1) is 5.92 Å². The maximum absolute atomic E-state index is 11.1. The fraction of sp³-hybridized carbons (Fsp3) is 0.889. The first-order valence-corrected chi connectivity index (χ1v) is 4.77. The highest BCUT2D eigenvalue weighted by Gasteiger charge is 2.17. The highest BCUT2D eigenvalue weighted by Crippen LogP contribution is 1.97. The van der Waals surface area contributed by atoms with Gasteiger partial charge in [0.25, 0.3) is 0 Å². The van der Waals surface area contributed by atoms with Crippen molar-refractivity contribution in [3.05, 3.63) is 0 Å². The Morgan fingerprint density at radius 2 is 2.31 bits per heavy atom. The van der Waals surface area contributed by atoms with E-state index in [4.69, 9.17) is 4.74 Å². The molecule has 1 aliphatic heterocycles. The fourth-order valence-corrected chi connectivity index (χ4v) is 0.943. The molecule has 1 aliphatic rings. The van der Waals surface area contributed by atoms with Crippen molar-refractivity contribution < 1.29 is 9.53 Å². The van der Waals surface area contributed by atoms with Crippen molar-refractivity contribution >= 4 is 5.91 Å². The Hall–Kier alpha value is -0.610. The van der Waals surface area contributed by atoms with Crippen molar-refractivity contribution in [1.82, 2.24) is 10.6 Å². The van der Waals surface area contributed by atoms with Crippen LogP contribution in [-0.4, -0.2) is 38.3 Å². The third-order valence-electron chi connectivity index (χ3n) is 1.90. The maximum Gasteiger partial charge on any atom is 0.246 e. The summed E-state index contributed by atoms with van der Waals surface area (Å²) in [5.74, 6) is 0.481. The third-order valence-corrected chi connectivity index (χ3v) is 1.90. The molecule has 4 nitrogen and oxygen atoms in total. The van der Waals surface area contributed by atoms with Crippen molar-refractivity contribution in [3.63, 3.8) is 0 Å². The molecule has 0 radical (unpaired) electrons. The lowest BCUT2D eigenvalue weighted by Gasteiger charge is -2.26. The highest BCUT2D eigenvalue weighted by atomic mass is 16.5. The minimum absolute atomic E-state index is 0.0133. The normalized spacial score (nSPS) is 17.2. The summed E-state index contributed by atoms with van der Waals surface area (Å²) in [6.45, 7) is 6.80. The molecule has 13 heavy (non-hydrogen) atoms. The quantitative estimate of drug-likeness (QED) is 0.622. The van der Waals surface area contributed by atoms with Gasteiger partial charge in [-0.25, -0.2) is 0 Å². The largest absolute Gasteiger partial charge is 0.366 e. The van der Waals surface area contributed by atoms with E-state index in [1.807, 2.05) is 0 Å². The molecule has 0 spiro atoms. The van der Waals surface area contributed by atoms with Crippen LogP contribution in [0.15, 0.2) is 0 Å². The second-order valence-electron chi connectivity index (χ2n) is 3.79. The Balaban J connectivity index is 1.97. The molecule has 1 fully saturated rings. The van der Waals surface area contributed by atoms with E-state index in [0.717, 1.165) is 19.6 Å². The first-order chi connectivity index (χ1) is 6.18. The second-order valence-corrected chi connectivity index (χ2v) is 3.79. The Kier molecular flexibility index (Phi) is 4.18. The number of hydrogen-bond donors (Lipinski definition) is 2. The fourth-order valence-electron chi connectivity index (χ4n) is 0.943. The SMILES string of the molecule is CC(C)CNC(=O)COC1CNC1. The summed E-state index contributed by atoms with van der Waals surface area (Å²) < 4.78 is 5.30. The van der Waals surface area contributed by atoms with Crippen molar-refractivity contribution in [1.29, 1.82) is 0 Å². The molecule has 0 aliphatic carbocycles. The molecule has 1 amide bonds. The summed E-state index contributed by atoms with van der Waals surface area (Å²) in [5.41, 5.74) is 0. The van der Waals surface area contributed by atoms with Crippen LogP contribution in [0.3, 0.4) is 0 Å². The lowest BCUT2D eigenvalue weighted by molar-refractivity contribution is -0.128. The maximum atomic E-state index is 11.1. The van der Waals surface area contributed by atoms with Crippen LogP contribution >= 0.6 is 0 Å². The van der Waals surface area contributed by atoms with Crippen LogP contribution in [0.2, 0.25) is 0 Å². The average Bonchev–Trinajstić information content (AvgIpc) is 1.98. The number of amides is 1. The zero-order valence-electron chi connectivity index (χ0n) is 8.30. The van der Waals surface area contributed by atoms with Gasteiger partial charge in [0.15, 0.2) is 0 Å². The predicted octanol–water partition coefficient (Wildman–Crippen LogP) is -0.253. The van der Waals surface area contributed by atoms with Crippen molar-refractivity contribution in [2.45, 2.75) is 20.0 Å². The first-order valence-electron chi connectivity index (χ1n) is 4.77. The molecule has 0 bridgehead atoms. The van der Waals surface area contributed by atoms with Crippen LogP contribution in [0.4, 0.5) is 0 Å². The van der Waals surface area contributed by atoms with E-state index in [-0.39, 0.29) is 18.6 Å². The van der Waals surface area contributed by atoms with E-state index < -0.39 is 0 Å². The van der Waals surface area contributed by atoms with Crippen molar-refractivity contribution in [2.75, 3.05) is 26.2 Å². The second kappa shape index (κ2) is 5.19. The Labute approximate surface area is 79.0 Å². The Morgan fingerprint density at radius 1 is 1.62 bits per heavy atom. The molecule has 1 rings (SSSR count). The van der Waals surface area contributed by atoms with Crippen LogP contribution in [0.25, 0.3) is 0 Å². The molecule has 0 saturated carbocycles. The van der Waals surface area contributed by atoms with Gasteiger partial charge in [-0.1, -0.05) is 13.8 Å². The molecule has 1 heterocycles. The summed E-state index contributed by atoms with van der Waals surface area (Å²) in [6.07, 6.45) is 0.241. The zero-order chi connectivity index (χ0) is 9.68. The van der Waals surface area contributed by atoms with E-state index >= 15 is 0 Å². The van der Waals surface area contributed by atoms with Gasteiger partial charge in [-0.2, -0.15) is 0 Å². The summed E-state index contributed by atoms with van der Waals surface area (Å²) in [6, 6.07) is 0. The monoisotopic (exact) mass is 186 g/mol. The Bertz CT molecular complexity index is 167. The summed E-state index contributed by atoms with van der Waals surface area (Å²) in [5, 5.41) is 5.88. The van der Waals surface area contributed by atoms with E-state index in [1.54, 1.807) is 0 Å². The molecule has 0 atom stereocenters. The molecule has 0 aromatic carbocycles. The van der Waals surface area contributed by atoms with Gasteiger partial charge in [0.2, 0.25) is 5.91 Å². The van der Waals surface area contributed by atoms with E-state index in [2.05, 4.69) is 24.5 Å². The minimum Gasteiger partial charge on any atom is -0.366 e. The number of ether oxygens (including phenoxy) is 1.